The van der Waals surface area contributed by atoms with Crippen molar-refractivity contribution in [2.24, 2.45) is 5.92 Å². The molecule has 1 aliphatic rings. The summed E-state index contributed by atoms with van der Waals surface area (Å²) in [7, 11) is 0. The van der Waals surface area contributed by atoms with Gasteiger partial charge in [0.2, 0.25) is 0 Å². The highest BCUT2D eigenvalue weighted by Gasteiger charge is 2.27. The minimum Gasteiger partial charge on any atom is -0.391 e. The molecule has 1 fully saturated rings. The average molecular weight is 345 g/mol. The Labute approximate surface area is 115 Å². The van der Waals surface area contributed by atoms with Crippen LogP contribution in [0.5, 0.6) is 0 Å². The third-order valence-corrected chi connectivity index (χ3v) is 4.02. The number of benzene rings is 1. The molecule has 0 aromatic heterocycles. The molecule has 0 spiro atoms. The topological polar surface area (TPSA) is 40.5 Å². The summed E-state index contributed by atoms with van der Waals surface area (Å²) in [5.41, 5.74) is 0.701. The number of β-amino-alcohol motifs (C(OH)–C–C–N with tert-alkyl or cyclic N) is 1. The van der Waals surface area contributed by atoms with Gasteiger partial charge >= 0.3 is 0 Å². The zero-order valence-electron chi connectivity index (χ0n) is 9.77. The summed E-state index contributed by atoms with van der Waals surface area (Å²) in [4.78, 5) is 13.9. The fourth-order valence-electron chi connectivity index (χ4n) is 2.01. The molecule has 3 nitrogen and oxygen atoms in total. The quantitative estimate of drug-likeness (QED) is 0.793. The summed E-state index contributed by atoms with van der Waals surface area (Å²) >= 11 is 2.22. The van der Waals surface area contributed by atoms with E-state index in [1.165, 1.54) is 0 Å². The zero-order valence-corrected chi connectivity index (χ0v) is 11.9. The molecule has 1 N–H and O–H groups in total. The van der Waals surface area contributed by atoms with Gasteiger partial charge in [-0.3, -0.25) is 4.79 Å². The Balaban J connectivity index is 2.08. The van der Waals surface area contributed by atoms with Crippen LogP contribution in [-0.4, -0.2) is 35.1 Å². The SMILES string of the molecule is CC1CCN(C(=O)c2ccc(I)cc2)CC1O. The molecule has 2 rings (SSSR count). The van der Waals surface area contributed by atoms with Gasteiger partial charge in [0, 0.05) is 22.2 Å². The highest BCUT2D eigenvalue weighted by molar-refractivity contribution is 14.1. The van der Waals surface area contributed by atoms with Crippen molar-refractivity contribution in [2.75, 3.05) is 13.1 Å². The molecule has 1 aromatic rings. The molecule has 1 saturated heterocycles. The number of aliphatic hydroxyl groups excluding tert-OH is 1. The Morgan fingerprint density at radius 1 is 1.41 bits per heavy atom. The van der Waals surface area contributed by atoms with E-state index in [9.17, 15) is 9.90 Å². The molecule has 1 heterocycles. The highest BCUT2D eigenvalue weighted by atomic mass is 127. The second kappa shape index (κ2) is 5.35. The fraction of sp³-hybridized carbons (Fsp3) is 0.462. The molecular weight excluding hydrogens is 329 g/mol. The van der Waals surface area contributed by atoms with Crippen LogP contribution in [0.1, 0.15) is 23.7 Å². The van der Waals surface area contributed by atoms with Crippen molar-refractivity contribution in [1.29, 1.82) is 0 Å². The van der Waals surface area contributed by atoms with Crippen molar-refractivity contribution >= 4 is 28.5 Å². The first-order valence-corrected chi connectivity index (χ1v) is 6.88. The van der Waals surface area contributed by atoms with Gasteiger partial charge in [0.1, 0.15) is 0 Å². The van der Waals surface area contributed by atoms with E-state index < -0.39 is 6.10 Å². The van der Waals surface area contributed by atoms with Crippen LogP contribution in [0.3, 0.4) is 0 Å². The lowest BCUT2D eigenvalue weighted by molar-refractivity contribution is 0.0248. The van der Waals surface area contributed by atoms with Gasteiger partial charge in [-0.25, -0.2) is 0 Å². The molecule has 0 aliphatic carbocycles. The van der Waals surface area contributed by atoms with Gasteiger partial charge in [-0.2, -0.15) is 0 Å². The van der Waals surface area contributed by atoms with Crippen LogP contribution in [0.15, 0.2) is 24.3 Å². The maximum atomic E-state index is 12.2. The molecular formula is C13H16INO2. The maximum Gasteiger partial charge on any atom is 0.253 e. The number of amides is 1. The summed E-state index contributed by atoms with van der Waals surface area (Å²) < 4.78 is 1.12. The number of hydrogen-bond donors (Lipinski definition) is 1. The fourth-order valence-corrected chi connectivity index (χ4v) is 2.37. The lowest BCUT2D eigenvalue weighted by Crippen LogP contribution is -2.45. The van der Waals surface area contributed by atoms with Crippen molar-refractivity contribution in [3.8, 4) is 0 Å². The molecule has 17 heavy (non-hydrogen) atoms. The molecule has 1 aliphatic heterocycles. The maximum absolute atomic E-state index is 12.2. The van der Waals surface area contributed by atoms with E-state index >= 15 is 0 Å². The lowest BCUT2D eigenvalue weighted by atomic mass is 9.95. The summed E-state index contributed by atoms with van der Waals surface area (Å²) in [6, 6.07) is 7.54. The van der Waals surface area contributed by atoms with Crippen molar-refractivity contribution in [2.45, 2.75) is 19.4 Å². The van der Waals surface area contributed by atoms with Gasteiger partial charge < -0.3 is 10.0 Å². The number of rotatable bonds is 1. The first-order valence-electron chi connectivity index (χ1n) is 5.81. The second-order valence-electron chi connectivity index (χ2n) is 4.59. The molecule has 0 radical (unpaired) electrons. The Kier molecular flexibility index (Phi) is 4.04. The van der Waals surface area contributed by atoms with Crippen LogP contribution in [0, 0.1) is 9.49 Å². The summed E-state index contributed by atoms with van der Waals surface area (Å²) in [5.74, 6) is 0.308. The number of carbonyl (C=O) groups excluding carboxylic acids is 1. The van der Waals surface area contributed by atoms with E-state index in [0.717, 1.165) is 16.5 Å². The Bertz CT molecular complexity index is 404. The number of carbonyl (C=O) groups is 1. The monoisotopic (exact) mass is 345 g/mol. The van der Waals surface area contributed by atoms with E-state index in [0.29, 0.717) is 12.1 Å². The number of nitrogens with zero attached hydrogens (tertiary/aromatic N) is 1. The van der Waals surface area contributed by atoms with Gasteiger partial charge in [0.05, 0.1) is 6.10 Å². The molecule has 1 amide bonds. The van der Waals surface area contributed by atoms with Crippen LogP contribution in [0.25, 0.3) is 0 Å². The smallest absolute Gasteiger partial charge is 0.253 e. The van der Waals surface area contributed by atoms with Crippen molar-refractivity contribution in [3.63, 3.8) is 0 Å². The predicted octanol–water partition coefficient (Wildman–Crippen LogP) is 2.13. The minimum absolute atomic E-state index is 0.0207. The molecule has 92 valence electrons. The minimum atomic E-state index is -0.392. The molecule has 1 aromatic carbocycles. The number of piperidine rings is 1. The Morgan fingerprint density at radius 2 is 2.06 bits per heavy atom. The molecule has 2 atom stereocenters. The van der Waals surface area contributed by atoms with Gasteiger partial charge in [-0.1, -0.05) is 6.92 Å². The number of hydrogen-bond acceptors (Lipinski definition) is 2. The van der Waals surface area contributed by atoms with E-state index in [1.807, 2.05) is 31.2 Å². The van der Waals surface area contributed by atoms with Gasteiger partial charge in [-0.15, -0.1) is 0 Å². The van der Waals surface area contributed by atoms with Gasteiger partial charge in [0.15, 0.2) is 0 Å². The third kappa shape index (κ3) is 2.98. The highest BCUT2D eigenvalue weighted by Crippen LogP contribution is 2.19. The number of likely N-dealkylation sites (tertiary alicyclic amines) is 1. The largest absolute Gasteiger partial charge is 0.391 e. The summed E-state index contributed by atoms with van der Waals surface area (Å²) in [6.45, 7) is 3.21. The van der Waals surface area contributed by atoms with Crippen LogP contribution >= 0.6 is 22.6 Å². The molecule has 0 bridgehead atoms. The standard InChI is InChI=1S/C13H16INO2/c1-9-6-7-15(8-12(9)16)13(17)10-2-4-11(14)5-3-10/h2-5,9,12,16H,6-8H2,1H3. The van der Waals surface area contributed by atoms with E-state index in [-0.39, 0.29) is 11.8 Å². The Hall–Kier alpha value is -0.620. The summed E-state index contributed by atoms with van der Waals surface area (Å²) in [6.07, 6.45) is 0.480. The van der Waals surface area contributed by atoms with Gasteiger partial charge in [-0.05, 0) is 59.2 Å². The van der Waals surface area contributed by atoms with Crippen LogP contribution < -0.4 is 0 Å². The predicted molar refractivity (Wildman–Crippen MR) is 74.9 cm³/mol. The normalized spacial score (nSPS) is 24.8. The second-order valence-corrected chi connectivity index (χ2v) is 5.84. The zero-order chi connectivity index (χ0) is 12.4. The van der Waals surface area contributed by atoms with Crippen molar-refractivity contribution in [3.05, 3.63) is 33.4 Å². The number of halogens is 1. The van der Waals surface area contributed by atoms with E-state index in [4.69, 9.17) is 0 Å². The lowest BCUT2D eigenvalue weighted by Gasteiger charge is -2.34. The first-order chi connectivity index (χ1) is 8.08. The summed E-state index contributed by atoms with van der Waals surface area (Å²) in [5, 5.41) is 9.79. The molecule has 4 heteroatoms. The molecule has 2 unspecified atom stereocenters. The first kappa shape index (κ1) is 12.8. The van der Waals surface area contributed by atoms with Crippen LogP contribution in [0.4, 0.5) is 0 Å². The number of aliphatic hydroxyl groups is 1. The Morgan fingerprint density at radius 3 is 2.65 bits per heavy atom. The third-order valence-electron chi connectivity index (χ3n) is 3.30. The van der Waals surface area contributed by atoms with E-state index in [2.05, 4.69) is 22.6 Å². The molecule has 0 saturated carbocycles. The van der Waals surface area contributed by atoms with Crippen molar-refractivity contribution in [1.82, 2.24) is 4.90 Å². The van der Waals surface area contributed by atoms with Gasteiger partial charge in [0.25, 0.3) is 5.91 Å². The van der Waals surface area contributed by atoms with Crippen LogP contribution in [0.2, 0.25) is 0 Å². The van der Waals surface area contributed by atoms with Crippen molar-refractivity contribution < 1.29 is 9.90 Å². The van der Waals surface area contributed by atoms with E-state index in [1.54, 1.807) is 4.90 Å². The van der Waals surface area contributed by atoms with Crippen LogP contribution in [-0.2, 0) is 0 Å². The average Bonchev–Trinajstić information content (AvgIpc) is 2.33.